The maximum atomic E-state index is 11.2. The molecule has 8 heteroatoms. The molecule has 0 bridgehead atoms. The number of thiophene rings is 1. The van der Waals surface area contributed by atoms with Gasteiger partial charge in [0, 0.05) is 17.5 Å². The zero-order valence-corrected chi connectivity index (χ0v) is 19.5. The minimum absolute atomic E-state index is 0.312. The van der Waals surface area contributed by atoms with E-state index in [1.54, 1.807) is 6.07 Å². The summed E-state index contributed by atoms with van der Waals surface area (Å²) in [7, 11) is 2.00. The normalized spacial score (nSPS) is 11.6. The highest BCUT2D eigenvalue weighted by Gasteiger charge is 2.17. The van der Waals surface area contributed by atoms with Crippen molar-refractivity contribution in [3.8, 4) is 27.9 Å². The van der Waals surface area contributed by atoms with Crippen LogP contribution in [0.2, 0.25) is 0 Å². The molecule has 5 nitrogen and oxygen atoms in total. The van der Waals surface area contributed by atoms with Crippen LogP contribution in [-0.4, -0.2) is 20.6 Å². The van der Waals surface area contributed by atoms with Gasteiger partial charge in [0.1, 0.15) is 17.5 Å². The van der Waals surface area contributed by atoms with Crippen LogP contribution >= 0.6 is 43.2 Å². The highest BCUT2D eigenvalue weighted by atomic mass is 79.9. The fraction of sp³-hybridized carbons (Fsp3) is 0.0455. The van der Waals surface area contributed by atoms with Crippen molar-refractivity contribution in [1.82, 2.24) is 9.55 Å². The molecular formula is C22H13Br2N3O2S. The Morgan fingerprint density at radius 1 is 1.13 bits per heavy atom. The number of carboxylic acid groups (broad SMARTS) is 1. The summed E-state index contributed by atoms with van der Waals surface area (Å²) in [4.78, 5) is 17.5. The van der Waals surface area contributed by atoms with Gasteiger partial charge in [0.25, 0.3) is 0 Å². The summed E-state index contributed by atoms with van der Waals surface area (Å²) in [5.74, 6) is -0.361. The third kappa shape index (κ3) is 3.60. The van der Waals surface area contributed by atoms with Gasteiger partial charge in [-0.05, 0) is 55.6 Å². The Kier molecular flexibility index (Phi) is 5.60. The van der Waals surface area contributed by atoms with Gasteiger partial charge >= 0.3 is 5.97 Å². The number of hydrogen-bond donors (Lipinski definition) is 1. The molecule has 0 radical (unpaired) electrons. The summed E-state index contributed by atoms with van der Waals surface area (Å²) >= 11 is 8.46. The fourth-order valence-corrected chi connectivity index (χ4v) is 5.67. The van der Waals surface area contributed by atoms with Gasteiger partial charge in [-0.2, -0.15) is 5.26 Å². The van der Waals surface area contributed by atoms with Gasteiger partial charge in [-0.15, -0.1) is 11.3 Å². The molecule has 1 N–H and O–H groups in total. The molecule has 30 heavy (non-hydrogen) atoms. The molecule has 2 aromatic heterocycles. The van der Waals surface area contributed by atoms with Crippen LogP contribution in [0.25, 0.3) is 38.9 Å². The number of aromatic nitrogens is 2. The third-order valence-electron chi connectivity index (χ3n) is 4.64. The summed E-state index contributed by atoms with van der Waals surface area (Å²) in [5, 5.41) is 18.1. The third-order valence-corrected chi connectivity index (χ3v) is 8.50. The summed E-state index contributed by atoms with van der Waals surface area (Å²) in [6.45, 7) is 0. The number of carbonyl (C=O) groups is 1. The molecular weight excluding hydrogens is 530 g/mol. The van der Waals surface area contributed by atoms with Crippen LogP contribution in [0, 0.1) is 11.3 Å². The van der Waals surface area contributed by atoms with E-state index in [1.165, 1.54) is 17.4 Å². The van der Waals surface area contributed by atoms with Crippen LogP contribution < -0.4 is 0 Å². The second-order valence-electron chi connectivity index (χ2n) is 6.46. The minimum atomic E-state index is -1.25. The molecule has 0 spiro atoms. The van der Waals surface area contributed by atoms with Gasteiger partial charge in [-0.3, -0.25) is 0 Å². The first-order valence-electron chi connectivity index (χ1n) is 8.76. The van der Waals surface area contributed by atoms with Gasteiger partial charge in [0.05, 0.1) is 24.9 Å². The molecule has 0 unspecified atom stereocenters. The first-order valence-corrected chi connectivity index (χ1v) is 11.2. The van der Waals surface area contributed by atoms with Crippen LogP contribution in [-0.2, 0) is 11.8 Å². The maximum Gasteiger partial charge on any atom is 0.346 e. The lowest BCUT2D eigenvalue weighted by Crippen LogP contribution is -1.96. The van der Waals surface area contributed by atoms with Crippen molar-refractivity contribution in [2.45, 2.75) is 0 Å². The first kappa shape index (κ1) is 20.5. The standard InChI is InChI=1S/C22H13Br2N3O2S/c1-27-16-5-3-2-4-15(16)26-21(27)13-8-6-12(7-9-13)20-19(24)18(23)17(30-20)10-14(11-25)22(28)29/h2-10H,1H3,(H,28,29)/b14-10+. The Bertz CT molecular complexity index is 1360. The molecule has 0 aliphatic rings. The average Bonchev–Trinajstić information content (AvgIpc) is 3.23. The van der Waals surface area contributed by atoms with Gasteiger partial charge in [0.2, 0.25) is 0 Å². The Labute approximate surface area is 193 Å². The highest BCUT2D eigenvalue weighted by molar-refractivity contribution is 9.13. The summed E-state index contributed by atoms with van der Waals surface area (Å²) in [6, 6.07) is 17.8. The topological polar surface area (TPSA) is 78.9 Å². The number of hydrogen-bond acceptors (Lipinski definition) is 4. The Morgan fingerprint density at radius 2 is 1.80 bits per heavy atom. The smallest absolute Gasteiger partial charge is 0.346 e. The molecule has 2 aromatic carbocycles. The van der Waals surface area contributed by atoms with Crippen LogP contribution in [0.15, 0.2) is 63.0 Å². The van der Waals surface area contributed by atoms with Gasteiger partial charge in [-0.1, -0.05) is 36.4 Å². The van der Waals surface area contributed by atoms with Crippen LogP contribution in [0.1, 0.15) is 4.88 Å². The lowest BCUT2D eigenvalue weighted by Gasteiger charge is -2.04. The van der Waals surface area contributed by atoms with Crippen molar-refractivity contribution in [2.24, 2.45) is 7.05 Å². The molecule has 0 aliphatic carbocycles. The van der Waals surface area contributed by atoms with Crippen molar-refractivity contribution in [1.29, 1.82) is 5.26 Å². The first-order chi connectivity index (χ1) is 14.4. The number of aliphatic carboxylic acids is 1. The zero-order valence-electron chi connectivity index (χ0n) is 15.6. The second kappa shape index (κ2) is 8.19. The van der Waals surface area contributed by atoms with E-state index in [0.717, 1.165) is 41.8 Å². The van der Waals surface area contributed by atoms with Crippen molar-refractivity contribution >= 4 is 66.3 Å². The van der Waals surface area contributed by atoms with Crippen LogP contribution in [0.4, 0.5) is 0 Å². The second-order valence-corrected chi connectivity index (χ2v) is 9.10. The number of nitriles is 1. The lowest BCUT2D eigenvalue weighted by molar-refractivity contribution is -0.132. The number of carboxylic acids is 1. The van der Waals surface area contributed by atoms with E-state index in [9.17, 15) is 4.79 Å². The number of fused-ring (bicyclic) bond motifs is 1. The highest BCUT2D eigenvalue weighted by Crippen LogP contribution is 2.44. The number of nitrogens with zero attached hydrogens (tertiary/aromatic N) is 3. The molecule has 148 valence electrons. The fourth-order valence-electron chi connectivity index (χ4n) is 3.13. The average molecular weight is 543 g/mol. The molecule has 0 saturated heterocycles. The maximum absolute atomic E-state index is 11.2. The molecule has 4 aromatic rings. The summed E-state index contributed by atoms with van der Waals surface area (Å²) in [6.07, 6.45) is 1.37. The van der Waals surface area contributed by atoms with Gasteiger partial charge < -0.3 is 9.67 Å². The number of aryl methyl sites for hydroxylation is 1. The molecule has 0 fully saturated rings. The summed E-state index contributed by atoms with van der Waals surface area (Å²) < 4.78 is 3.60. The number of rotatable bonds is 4. The molecule has 4 rings (SSSR count). The Morgan fingerprint density at radius 3 is 2.43 bits per heavy atom. The van der Waals surface area contributed by atoms with E-state index >= 15 is 0 Å². The Balaban J connectivity index is 1.73. The molecule has 0 atom stereocenters. The zero-order chi connectivity index (χ0) is 21.4. The number of imidazole rings is 1. The lowest BCUT2D eigenvalue weighted by atomic mass is 10.1. The van der Waals surface area contributed by atoms with E-state index in [0.29, 0.717) is 4.88 Å². The van der Waals surface area contributed by atoms with Crippen molar-refractivity contribution in [2.75, 3.05) is 0 Å². The van der Waals surface area contributed by atoms with Gasteiger partial charge in [-0.25, -0.2) is 9.78 Å². The predicted molar refractivity (Wildman–Crippen MR) is 126 cm³/mol. The van der Waals surface area contributed by atoms with E-state index in [4.69, 9.17) is 15.4 Å². The molecule has 2 heterocycles. The Hall–Kier alpha value is -2.73. The monoisotopic (exact) mass is 541 g/mol. The van der Waals surface area contributed by atoms with Crippen molar-refractivity contribution in [3.63, 3.8) is 0 Å². The minimum Gasteiger partial charge on any atom is -0.477 e. The van der Waals surface area contributed by atoms with E-state index in [1.807, 2.05) is 55.6 Å². The summed E-state index contributed by atoms with van der Waals surface area (Å²) in [5.41, 5.74) is 3.69. The van der Waals surface area contributed by atoms with Gasteiger partial charge in [0.15, 0.2) is 0 Å². The largest absolute Gasteiger partial charge is 0.477 e. The van der Waals surface area contributed by atoms with E-state index in [-0.39, 0.29) is 5.57 Å². The molecule has 0 amide bonds. The van der Waals surface area contributed by atoms with Crippen molar-refractivity contribution < 1.29 is 9.90 Å². The van der Waals surface area contributed by atoms with E-state index < -0.39 is 5.97 Å². The SMILES string of the molecule is Cn1c(-c2ccc(-c3sc(/C=C(\C#N)C(=O)O)c(Br)c3Br)cc2)nc2ccccc21. The molecule has 0 aliphatic heterocycles. The number of benzene rings is 2. The van der Waals surface area contributed by atoms with Crippen LogP contribution in [0.5, 0.6) is 0 Å². The molecule has 0 saturated carbocycles. The number of para-hydroxylation sites is 2. The quantitative estimate of drug-likeness (QED) is 0.236. The van der Waals surface area contributed by atoms with Crippen LogP contribution in [0.3, 0.4) is 0 Å². The number of halogens is 2. The van der Waals surface area contributed by atoms with E-state index in [2.05, 4.69) is 36.4 Å². The van der Waals surface area contributed by atoms with Crippen molar-refractivity contribution in [3.05, 3.63) is 67.9 Å². The predicted octanol–water partition coefficient (Wildman–Crippen LogP) is 6.49.